The molecule has 0 heterocycles. The van der Waals surface area contributed by atoms with E-state index in [2.05, 4.69) is 5.32 Å². The lowest BCUT2D eigenvalue weighted by Gasteiger charge is -2.12. The normalized spacial score (nSPS) is 12.2. The maximum absolute atomic E-state index is 13.5. The van der Waals surface area contributed by atoms with E-state index >= 15 is 0 Å². The number of hydrogen-bond acceptors (Lipinski definition) is 4. The largest absolute Gasteiger partial charge is 0.490 e. The Morgan fingerprint density at radius 2 is 2.22 bits per heavy atom. The molecule has 1 aromatic rings. The van der Waals surface area contributed by atoms with Crippen LogP contribution in [0.15, 0.2) is 12.1 Å². The number of anilines is 2. The second-order valence-corrected chi connectivity index (χ2v) is 5.48. The van der Waals surface area contributed by atoms with Crippen molar-refractivity contribution in [1.82, 2.24) is 0 Å². The van der Waals surface area contributed by atoms with Crippen molar-refractivity contribution in [2.75, 3.05) is 36.2 Å². The van der Waals surface area contributed by atoms with Gasteiger partial charge in [-0.1, -0.05) is 6.92 Å². The van der Waals surface area contributed by atoms with Crippen LogP contribution >= 0.6 is 0 Å². The highest BCUT2D eigenvalue weighted by molar-refractivity contribution is 7.84. The van der Waals surface area contributed by atoms with Crippen molar-refractivity contribution in [2.45, 2.75) is 13.3 Å². The van der Waals surface area contributed by atoms with Gasteiger partial charge in [0.25, 0.3) is 0 Å². The molecule has 3 N–H and O–H groups in total. The standard InChI is InChI=1S/C12H19FN2O2S/c1-3-5-17-12-8-11(10(14)7-9(12)13)15-4-6-18(2)16/h7-8,15H,3-6,14H2,1-2H3. The maximum Gasteiger partial charge on any atom is 0.167 e. The zero-order chi connectivity index (χ0) is 13.5. The van der Waals surface area contributed by atoms with Crippen LogP contribution in [0.1, 0.15) is 13.3 Å². The van der Waals surface area contributed by atoms with E-state index in [1.165, 1.54) is 6.07 Å². The molecule has 1 unspecified atom stereocenters. The highest BCUT2D eigenvalue weighted by atomic mass is 32.2. The minimum Gasteiger partial charge on any atom is -0.490 e. The Balaban J connectivity index is 2.74. The van der Waals surface area contributed by atoms with Crippen molar-refractivity contribution in [3.63, 3.8) is 0 Å². The molecular weight excluding hydrogens is 255 g/mol. The number of rotatable bonds is 7. The van der Waals surface area contributed by atoms with Gasteiger partial charge in [0.15, 0.2) is 11.6 Å². The molecule has 0 saturated heterocycles. The Kier molecular flexibility index (Phi) is 5.91. The minimum atomic E-state index is -0.869. The zero-order valence-electron chi connectivity index (χ0n) is 10.7. The summed E-state index contributed by atoms with van der Waals surface area (Å²) in [6, 6.07) is 2.77. The third-order valence-electron chi connectivity index (χ3n) is 2.27. The predicted octanol–water partition coefficient (Wildman–Crippen LogP) is 1.99. The van der Waals surface area contributed by atoms with E-state index in [0.717, 1.165) is 6.42 Å². The van der Waals surface area contributed by atoms with Gasteiger partial charge in [-0.15, -0.1) is 0 Å². The molecule has 0 aromatic heterocycles. The second-order valence-electron chi connectivity index (χ2n) is 3.92. The van der Waals surface area contributed by atoms with Gasteiger partial charge < -0.3 is 15.8 Å². The first-order valence-electron chi connectivity index (χ1n) is 5.80. The zero-order valence-corrected chi connectivity index (χ0v) is 11.5. The molecule has 0 bridgehead atoms. The van der Waals surface area contributed by atoms with E-state index in [0.29, 0.717) is 30.3 Å². The Morgan fingerprint density at radius 3 is 2.83 bits per heavy atom. The quantitative estimate of drug-likeness (QED) is 0.746. The summed E-state index contributed by atoms with van der Waals surface area (Å²) in [4.78, 5) is 0. The monoisotopic (exact) mass is 274 g/mol. The molecule has 0 radical (unpaired) electrons. The van der Waals surface area contributed by atoms with E-state index in [4.69, 9.17) is 10.5 Å². The minimum absolute atomic E-state index is 0.186. The summed E-state index contributed by atoms with van der Waals surface area (Å²) in [6.07, 6.45) is 2.44. The molecule has 102 valence electrons. The molecular formula is C12H19FN2O2S. The lowest BCUT2D eigenvalue weighted by atomic mass is 10.2. The molecule has 1 rings (SSSR count). The Hall–Kier alpha value is -1.30. The van der Waals surface area contributed by atoms with Crippen molar-refractivity contribution < 1.29 is 13.3 Å². The first-order chi connectivity index (χ1) is 8.54. The van der Waals surface area contributed by atoms with Crippen molar-refractivity contribution in [3.05, 3.63) is 17.9 Å². The van der Waals surface area contributed by atoms with Crippen molar-refractivity contribution in [3.8, 4) is 5.75 Å². The summed E-state index contributed by atoms with van der Waals surface area (Å²) in [5, 5.41) is 3.02. The molecule has 0 fully saturated rings. The number of nitrogens with two attached hydrogens (primary N) is 1. The SMILES string of the molecule is CCCOc1cc(NCCS(C)=O)c(N)cc1F. The molecule has 18 heavy (non-hydrogen) atoms. The van der Waals surface area contributed by atoms with Crippen LogP contribution in [0.25, 0.3) is 0 Å². The molecule has 0 spiro atoms. The lowest BCUT2D eigenvalue weighted by molar-refractivity contribution is 0.301. The third-order valence-corrected chi connectivity index (χ3v) is 3.05. The fourth-order valence-electron chi connectivity index (χ4n) is 1.37. The van der Waals surface area contributed by atoms with Crippen LogP contribution in [-0.4, -0.2) is 29.4 Å². The lowest BCUT2D eigenvalue weighted by Crippen LogP contribution is -2.11. The molecule has 4 nitrogen and oxygen atoms in total. The molecule has 0 aliphatic carbocycles. The highest BCUT2D eigenvalue weighted by Crippen LogP contribution is 2.28. The molecule has 1 aromatic carbocycles. The summed E-state index contributed by atoms with van der Waals surface area (Å²) in [6.45, 7) is 2.93. The maximum atomic E-state index is 13.5. The molecule has 6 heteroatoms. The van der Waals surface area contributed by atoms with Crippen LogP contribution in [0.5, 0.6) is 5.75 Å². The number of nitrogens with one attached hydrogen (secondary N) is 1. The van der Waals surface area contributed by atoms with E-state index in [9.17, 15) is 8.60 Å². The summed E-state index contributed by atoms with van der Waals surface area (Å²) in [7, 11) is -0.869. The first kappa shape index (κ1) is 14.8. The van der Waals surface area contributed by atoms with E-state index in [1.807, 2.05) is 6.92 Å². The van der Waals surface area contributed by atoms with Crippen molar-refractivity contribution >= 4 is 22.2 Å². The Labute approximate surface area is 109 Å². The van der Waals surface area contributed by atoms with Gasteiger partial charge in [-0.2, -0.15) is 0 Å². The van der Waals surface area contributed by atoms with Gasteiger partial charge in [0.2, 0.25) is 0 Å². The highest BCUT2D eigenvalue weighted by Gasteiger charge is 2.08. The topological polar surface area (TPSA) is 64.3 Å². The number of ether oxygens (including phenoxy) is 1. The van der Waals surface area contributed by atoms with E-state index in [1.54, 1.807) is 12.3 Å². The van der Waals surface area contributed by atoms with Gasteiger partial charge in [-0.3, -0.25) is 4.21 Å². The average molecular weight is 274 g/mol. The molecule has 0 aliphatic heterocycles. The molecule has 1 atom stereocenters. The van der Waals surface area contributed by atoms with Gasteiger partial charge in [0.05, 0.1) is 18.0 Å². The van der Waals surface area contributed by atoms with Crippen LogP contribution in [0.3, 0.4) is 0 Å². The smallest absolute Gasteiger partial charge is 0.167 e. The predicted molar refractivity (Wildman–Crippen MR) is 74.0 cm³/mol. The van der Waals surface area contributed by atoms with Crippen LogP contribution in [0.4, 0.5) is 15.8 Å². The molecule has 0 aliphatic rings. The fourth-order valence-corrected chi connectivity index (χ4v) is 1.76. The van der Waals surface area contributed by atoms with E-state index in [-0.39, 0.29) is 5.75 Å². The summed E-state index contributed by atoms with van der Waals surface area (Å²) >= 11 is 0. The van der Waals surface area contributed by atoms with Crippen molar-refractivity contribution in [1.29, 1.82) is 0 Å². The van der Waals surface area contributed by atoms with Gasteiger partial charge in [-0.05, 0) is 6.42 Å². The van der Waals surface area contributed by atoms with Gasteiger partial charge >= 0.3 is 0 Å². The third kappa shape index (κ3) is 4.52. The number of hydrogen-bond donors (Lipinski definition) is 2. The van der Waals surface area contributed by atoms with Crippen LogP contribution < -0.4 is 15.8 Å². The number of halogens is 1. The van der Waals surface area contributed by atoms with Crippen molar-refractivity contribution in [2.24, 2.45) is 0 Å². The van der Waals surface area contributed by atoms with Crippen LogP contribution in [0.2, 0.25) is 0 Å². The number of benzene rings is 1. The van der Waals surface area contributed by atoms with Gasteiger partial charge in [-0.25, -0.2) is 4.39 Å². The molecule has 0 saturated carbocycles. The summed E-state index contributed by atoms with van der Waals surface area (Å²) in [5.41, 5.74) is 6.62. The first-order valence-corrected chi connectivity index (χ1v) is 7.53. The van der Waals surface area contributed by atoms with Crippen LogP contribution in [0, 0.1) is 5.82 Å². The molecule has 0 amide bonds. The fraction of sp³-hybridized carbons (Fsp3) is 0.500. The summed E-state index contributed by atoms with van der Waals surface area (Å²) in [5.74, 6) is 0.235. The average Bonchev–Trinajstić information content (AvgIpc) is 2.30. The van der Waals surface area contributed by atoms with E-state index < -0.39 is 16.6 Å². The van der Waals surface area contributed by atoms with Gasteiger partial charge in [0, 0.05) is 41.5 Å². The van der Waals surface area contributed by atoms with Crippen LogP contribution in [-0.2, 0) is 10.8 Å². The number of nitrogen functional groups attached to an aromatic ring is 1. The second kappa shape index (κ2) is 7.20. The Morgan fingerprint density at radius 1 is 1.50 bits per heavy atom. The summed E-state index contributed by atoms with van der Waals surface area (Å²) < 4.78 is 29.7. The Bertz CT molecular complexity index is 427. The van der Waals surface area contributed by atoms with Gasteiger partial charge in [0.1, 0.15) is 0 Å².